The number of rotatable bonds is 2. The summed E-state index contributed by atoms with van der Waals surface area (Å²) in [4.78, 5) is 0.987. The van der Waals surface area contributed by atoms with Gasteiger partial charge in [0.1, 0.15) is 6.10 Å². The molecular formula is C9H10N2OS. The predicted octanol–water partition coefficient (Wildman–Crippen LogP) is 1.86. The van der Waals surface area contributed by atoms with Crippen LogP contribution in [0.2, 0.25) is 0 Å². The molecule has 2 rings (SSSR count). The molecule has 68 valence electrons. The lowest BCUT2D eigenvalue weighted by atomic mass is 10.1. The summed E-state index contributed by atoms with van der Waals surface area (Å²) in [6, 6.07) is 2.00. The molecule has 0 saturated heterocycles. The predicted molar refractivity (Wildman–Crippen MR) is 51.7 cm³/mol. The van der Waals surface area contributed by atoms with E-state index in [0.29, 0.717) is 0 Å². The molecule has 2 N–H and O–H groups in total. The molecule has 2 heterocycles. The molecule has 3 nitrogen and oxygen atoms in total. The zero-order chi connectivity index (χ0) is 9.26. The summed E-state index contributed by atoms with van der Waals surface area (Å²) in [6.07, 6.45) is 2.81. The number of aliphatic hydroxyl groups excluding tert-OH is 1. The molecule has 1 unspecified atom stereocenters. The molecule has 0 aliphatic rings. The van der Waals surface area contributed by atoms with Crippen molar-refractivity contribution < 1.29 is 5.11 Å². The highest BCUT2D eigenvalue weighted by Crippen LogP contribution is 2.28. The Morgan fingerprint density at radius 2 is 2.46 bits per heavy atom. The molecule has 0 amide bonds. The summed E-state index contributed by atoms with van der Waals surface area (Å²) in [5, 5.41) is 18.4. The molecule has 4 heteroatoms. The minimum Gasteiger partial charge on any atom is -0.383 e. The number of aromatic amines is 1. The second-order valence-electron chi connectivity index (χ2n) is 2.90. The third kappa shape index (κ3) is 1.50. The first kappa shape index (κ1) is 8.47. The second kappa shape index (κ2) is 3.32. The summed E-state index contributed by atoms with van der Waals surface area (Å²) >= 11 is 1.56. The molecule has 1 atom stereocenters. The maximum Gasteiger partial charge on any atom is 0.116 e. The Balaban J connectivity index is 2.33. The number of H-pyrrole nitrogens is 1. The Labute approximate surface area is 80.1 Å². The van der Waals surface area contributed by atoms with Crippen LogP contribution in [0.1, 0.15) is 22.1 Å². The molecule has 13 heavy (non-hydrogen) atoms. The lowest BCUT2D eigenvalue weighted by molar-refractivity contribution is 0.223. The standard InChI is InChI=1S/C9H10N2OS/c1-6-2-3-13-9(6)8(12)7-4-10-11-5-7/h2-5,8,12H,1H3,(H,10,11). The number of nitrogens with zero attached hydrogens (tertiary/aromatic N) is 1. The normalized spacial score (nSPS) is 13.1. The highest BCUT2D eigenvalue weighted by molar-refractivity contribution is 7.10. The second-order valence-corrected chi connectivity index (χ2v) is 3.85. The zero-order valence-electron chi connectivity index (χ0n) is 7.19. The Morgan fingerprint density at radius 1 is 1.62 bits per heavy atom. The lowest BCUT2D eigenvalue weighted by Crippen LogP contribution is -1.96. The summed E-state index contributed by atoms with van der Waals surface area (Å²) in [6.45, 7) is 2.00. The minimum atomic E-state index is -0.543. The Kier molecular flexibility index (Phi) is 2.16. The van der Waals surface area contributed by atoms with Crippen LogP contribution in [-0.4, -0.2) is 15.3 Å². The van der Waals surface area contributed by atoms with Crippen molar-refractivity contribution in [3.8, 4) is 0 Å². The van der Waals surface area contributed by atoms with Gasteiger partial charge in [0.25, 0.3) is 0 Å². The number of hydrogen-bond donors (Lipinski definition) is 2. The summed E-state index contributed by atoms with van der Waals surface area (Å²) < 4.78 is 0. The average Bonchev–Trinajstić information content (AvgIpc) is 2.72. The number of aromatic nitrogens is 2. The maximum atomic E-state index is 9.90. The highest BCUT2D eigenvalue weighted by Gasteiger charge is 2.14. The fourth-order valence-electron chi connectivity index (χ4n) is 1.23. The van der Waals surface area contributed by atoms with Crippen molar-refractivity contribution in [1.82, 2.24) is 10.2 Å². The monoisotopic (exact) mass is 194 g/mol. The quantitative estimate of drug-likeness (QED) is 0.766. The van der Waals surface area contributed by atoms with Crippen LogP contribution in [0.15, 0.2) is 23.8 Å². The van der Waals surface area contributed by atoms with Crippen molar-refractivity contribution in [2.45, 2.75) is 13.0 Å². The van der Waals surface area contributed by atoms with Crippen molar-refractivity contribution in [3.63, 3.8) is 0 Å². The number of nitrogens with one attached hydrogen (secondary N) is 1. The first-order valence-corrected chi connectivity index (χ1v) is 4.87. The molecule has 0 aliphatic heterocycles. The average molecular weight is 194 g/mol. The van der Waals surface area contributed by atoms with Crippen LogP contribution in [0.25, 0.3) is 0 Å². The van der Waals surface area contributed by atoms with E-state index in [-0.39, 0.29) is 0 Å². The molecule has 0 aromatic carbocycles. The first-order chi connectivity index (χ1) is 6.29. The van der Waals surface area contributed by atoms with Crippen LogP contribution < -0.4 is 0 Å². The third-order valence-corrected chi connectivity index (χ3v) is 3.06. The van der Waals surface area contributed by atoms with E-state index in [9.17, 15) is 5.11 Å². The van der Waals surface area contributed by atoms with E-state index in [0.717, 1.165) is 16.0 Å². The van der Waals surface area contributed by atoms with E-state index >= 15 is 0 Å². The molecule has 2 aromatic rings. The number of hydrogen-bond acceptors (Lipinski definition) is 3. The number of aliphatic hydroxyl groups is 1. The van der Waals surface area contributed by atoms with Gasteiger partial charge < -0.3 is 5.11 Å². The van der Waals surface area contributed by atoms with Crippen LogP contribution in [0, 0.1) is 6.92 Å². The van der Waals surface area contributed by atoms with Crippen LogP contribution in [0.4, 0.5) is 0 Å². The molecule has 0 fully saturated rings. The van der Waals surface area contributed by atoms with Crippen molar-refractivity contribution >= 4 is 11.3 Å². The summed E-state index contributed by atoms with van der Waals surface area (Å²) in [5.41, 5.74) is 1.93. The zero-order valence-corrected chi connectivity index (χ0v) is 8.01. The fourth-order valence-corrected chi connectivity index (χ4v) is 2.16. The molecule has 0 spiro atoms. The van der Waals surface area contributed by atoms with E-state index in [1.165, 1.54) is 0 Å². The molecule has 0 saturated carbocycles. The van der Waals surface area contributed by atoms with Crippen LogP contribution in [-0.2, 0) is 0 Å². The largest absolute Gasteiger partial charge is 0.383 e. The SMILES string of the molecule is Cc1ccsc1C(O)c1cn[nH]c1. The van der Waals surface area contributed by atoms with Gasteiger partial charge >= 0.3 is 0 Å². The van der Waals surface area contributed by atoms with Gasteiger partial charge in [-0.3, -0.25) is 5.10 Å². The highest BCUT2D eigenvalue weighted by atomic mass is 32.1. The van der Waals surface area contributed by atoms with Crippen molar-refractivity contribution in [3.05, 3.63) is 39.8 Å². The van der Waals surface area contributed by atoms with E-state index in [4.69, 9.17) is 0 Å². The van der Waals surface area contributed by atoms with Gasteiger partial charge in [0.2, 0.25) is 0 Å². The Bertz CT molecular complexity index is 380. The molecule has 0 bridgehead atoms. The van der Waals surface area contributed by atoms with Crippen LogP contribution >= 0.6 is 11.3 Å². The number of aryl methyl sites for hydroxylation is 1. The van der Waals surface area contributed by atoms with E-state index in [1.54, 1.807) is 23.7 Å². The van der Waals surface area contributed by atoms with Crippen LogP contribution in [0.5, 0.6) is 0 Å². The van der Waals surface area contributed by atoms with E-state index < -0.39 is 6.10 Å². The van der Waals surface area contributed by atoms with Gasteiger partial charge in [-0.1, -0.05) is 0 Å². The minimum absolute atomic E-state index is 0.543. The Hall–Kier alpha value is -1.13. The van der Waals surface area contributed by atoms with Crippen molar-refractivity contribution in [2.75, 3.05) is 0 Å². The first-order valence-electron chi connectivity index (χ1n) is 4.00. The van der Waals surface area contributed by atoms with Gasteiger partial charge in [0, 0.05) is 16.6 Å². The molecular weight excluding hydrogens is 184 g/mol. The van der Waals surface area contributed by atoms with Crippen molar-refractivity contribution in [2.24, 2.45) is 0 Å². The van der Waals surface area contributed by atoms with E-state index in [1.807, 2.05) is 18.4 Å². The molecule has 2 aromatic heterocycles. The van der Waals surface area contributed by atoms with Crippen LogP contribution in [0.3, 0.4) is 0 Å². The van der Waals surface area contributed by atoms with Gasteiger partial charge in [-0.2, -0.15) is 5.10 Å². The van der Waals surface area contributed by atoms with Gasteiger partial charge in [-0.25, -0.2) is 0 Å². The van der Waals surface area contributed by atoms with E-state index in [2.05, 4.69) is 10.2 Å². The maximum absolute atomic E-state index is 9.90. The topological polar surface area (TPSA) is 48.9 Å². The number of thiophene rings is 1. The lowest BCUT2D eigenvalue weighted by Gasteiger charge is -2.06. The summed E-state index contributed by atoms with van der Waals surface area (Å²) in [5.74, 6) is 0. The van der Waals surface area contributed by atoms with Crippen molar-refractivity contribution in [1.29, 1.82) is 0 Å². The fraction of sp³-hybridized carbons (Fsp3) is 0.222. The Morgan fingerprint density at radius 3 is 3.00 bits per heavy atom. The smallest absolute Gasteiger partial charge is 0.116 e. The van der Waals surface area contributed by atoms with Gasteiger partial charge in [0.05, 0.1) is 6.20 Å². The van der Waals surface area contributed by atoms with Gasteiger partial charge in [-0.15, -0.1) is 11.3 Å². The third-order valence-electron chi connectivity index (χ3n) is 1.99. The van der Waals surface area contributed by atoms with Gasteiger partial charge in [0.15, 0.2) is 0 Å². The molecule has 0 aliphatic carbocycles. The van der Waals surface area contributed by atoms with Gasteiger partial charge in [-0.05, 0) is 23.9 Å². The molecule has 0 radical (unpaired) electrons. The summed E-state index contributed by atoms with van der Waals surface area (Å²) in [7, 11) is 0.